The molecule has 2 rings (SSSR count). The second-order valence-electron chi connectivity index (χ2n) is 5.17. The molecule has 0 aliphatic carbocycles. The molecule has 2 N–H and O–H groups in total. The number of hydrogen-bond acceptors (Lipinski definition) is 4. The van der Waals surface area contributed by atoms with Crippen molar-refractivity contribution in [1.29, 1.82) is 0 Å². The summed E-state index contributed by atoms with van der Waals surface area (Å²) < 4.78 is 7.64. The number of hydrogen-bond donors (Lipinski definition) is 1. The van der Waals surface area contributed by atoms with Gasteiger partial charge >= 0.3 is 0 Å². The molecule has 0 saturated heterocycles. The van der Waals surface area contributed by atoms with Gasteiger partial charge in [-0.25, -0.2) is 4.68 Å². The van der Waals surface area contributed by atoms with Crippen LogP contribution >= 0.6 is 0 Å². The third kappa shape index (κ3) is 3.36. The first-order chi connectivity index (χ1) is 9.61. The van der Waals surface area contributed by atoms with Crippen molar-refractivity contribution in [3.8, 4) is 5.75 Å². The quantitative estimate of drug-likeness (QED) is 0.877. The summed E-state index contributed by atoms with van der Waals surface area (Å²) in [6.45, 7) is 7.96. The molecule has 1 aromatic heterocycles. The van der Waals surface area contributed by atoms with Crippen LogP contribution in [0.5, 0.6) is 5.75 Å². The van der Waals surface area contributed by atoms with Crippen LogP contribution in [-0.4, -0.2) is 21.6 Å². The highest BCUT2D eigenvalue weighted by molar-refractivity contribution is 5.27. The molecule has 0 fully saturated rings. The molecule has 0 unspecified atom stereocenters. The Balaban J connectivity index is 1.99. The van der Waals surface area contributed by atoms with E-state index in [1.807, 2.05) is 22.9 Å². The number of nitrogens with two attached hydrogens (primary N) is 1. The average Bonchev–Trinajstić information content (AvgIpc) is 2.82. The van der Waals surface area contributed by atoms with Crippen molar-refractivity contribution in [2.45, 2.75) is 39.8 Å². The molecule has 0 aliphatic rings. The average molecular weight is 274 g/mol. The van der Waals surface area contributed by atoms with Gasteiger partial charge in [-0.15, -0.1) is 5.10 Å². The fraction of sp³-hybridized carbons (Fsp3) is 0.467. The highest BCUT2D eigenvalue weighted by Gasteiger charge is 2.14. The summed E-state index contributed by atoms with van der Waals surface area (Å²) in [5.74, 6) is 1.23. The molecule has 1 heterocycles. The van der Waals surface area contributed by atoms with Gasteiger partial charge in [0.1, 0.15) is 12.4 Å². The molecule has 0 spiro atoms. The van der Waals surface area contributed by atoms with Gasteiger partial charge in [-0.1, -0.05) is 31.2 Å². The molecule has 0 atom stereocenters. The van der Waals surface area contributed by atoms with E-state index in [4.69, 9.17) is 10.5 Å². The summed E-state index contributed by atoms with van der Waals surface area (Å²) in [4.78, 5) is 0. The molecule has 5 heteroatoms. The van der Waals surface area contributed by atoms with E-state index in [1.54, 1.807) is 0 Å². The van der Waals surface area contributed by atoms with E-state index in [0.717, 1.165) is 17.1 Å². The van der Waals surface area contributed by atoms with Crippen LogP contribution in [0.15, 0.2) is 24.3 Å². The van der Waals surface area contributed by atoms with Gasteiger partial charge in [0.2, 0.25) is 0 Å². The van der Waals surface area contributed by atoms with E-state index in [2.05, 4.69) is 37.1 Å². The zero-order chi connectivity index (χ0) is 14.5. The van der Waals surface area contributed by atoms with Crippen molar-refractivity contribution in [2.24, 2.45) is 5.73 Å². The molecule has 0 saturated carbocycles. The zero-order valence-electron chi connectivity index (χ0n) is 12.3. The minimum atomic E-state index is 0.350. The Morgan fingerprint density at radius 3 is 2.80 bits per heavy atom. The molecule has 108 valence electrons. The lowest BCUT2D eigenvalue weighted by Crippen LogP contribution is -2.14. The normalized spacial score (nSPS) is 11.1. The molecule has 0 aliphatic heterocycles. The van der Waals surface area contributed by atoms with Crippen molar-refractivity contribution in [3.05, 3.63) is 41.2 Å². The van der Waals surface area contributed by atoms with E-state index in [-0.39, 0.29) is 0 Å². The summed E-state index contributed by atoms with van der Waals surface area (Å²) in [7, 11) is 0. The third-order valence-corrected chi connectivity index (χ3v) is 3.15. The van der Waals surface area contributed by atoms with Crippen molar-refractivity contribution in [2.75, 3.05) is 6.61 Å². The number of rotatable bonds is 6. The predicted octanol–water partition coefficient (Wildman–Crippen LogP) is 2.25. The van der Waals surface area contributed by atoms with Crippen LogP contribution < -0.4 is 10.5 Å². The first kappa shape index (κ1) is 14.5. The Hall–Kier alpha value is -1.88. The van der Waals surface area contributed by atoms with Crippen molar-refractivity contribution in [3.63, 3.8) is 0 Å². The highest BCUT2D eigenvalue weighted by Crippen LogP contribution is 2.17. The SMILES string of the molecule is Cc1cccc(OCCn2nnc(CN)c2C(C)C)c1. The van der Waals surface area contributed by atoms with Gasteiger partial charge in [-0.05, 0) is 30.5 Å². The molecular formula is C15H22N4O. The maximum absolute atomic E-state index is 5.75. The van der Waals surface area contributed by atoms with Crippen LogP contribution in [0.1, 0.15) is 36.7 Å². The van der Waals surface area contributed by atoms with Crippen LogP contribution in [0.25, 0.3) is 0 Å². The topological polar surface area (TPSA) is 66.0 Å². The van der Waals surface area contributed by atoms with E-state index < -0.39 is 0 Å². The summed E-state index contributed by atoms with van der Waals surface area (Å²) in [5.41, 5.74) is 8.85. The summed E-state index contributed by atoms with van der Waals surface area (Å²) in [5, 5.41) is 8.29. The van der Waals surface area contributed by atoms with E-state index >= 15 is 0 Å². The van der Waals surface area contributed by atoms with Crippen molar-refractivity contribution in [1.82, 2.24) is 15.0 Å². The molecule has 20 heavy (non-hydrogen) atoms. The summed E-state index contributed by atoms with van der Waals surface area (Å²) in [6.07, 6.45) is 0. The highest BCUT2D eigenvalue weighted by atomic mass is 16.5. The van der Waals surface area contributed by atoms with Crippen LogP contribution in [0.3, 0.4) is 0 Å². The van der Waals surface area contributed by atoms with Gasteiger partial charge in [0.05, 0.1) is 17.9 Å². The zero-order valence-corrected chi connectivity index (χ0v) is 12.3. The third-order valence-electron chi connectivity index (χ3n) is 3.15. The van der Waals surface area contributed by atoms with Crippen molar-refractivity contribution >= 4 is 0 Å². The molecule has 0 bridgehead atoms. The van der Waals surface area contributed by atoms with Gasteiger partial charge in [0.25, 0.3) is 0 Å². The predicted molar refractivity (Wildman–Crippen MR) is 78.7 cm³/mol. The summed E-state index contributed by atoms with van der Waals surface area (Å²) in [6, 6.07) is 8.03. The number of benzene rings is 1. The number of nitrogens with zero attached hydrogens (tertiary/aromatic N) is 3. The first-order valence-corrected chi connectivity index (χ1v) is 6.93. The van der Waals surface area contributed by atoms with Crippen LogP contribution in [0, 0.1) is 6.92 Å². The Morgan fingerprint density at radius 1 is 1.35 bits per heavy atom. The molecule has 2 aromatic rings. The van der Waals surface area contributed by atoms with Gasteiger partial charge < -0.3 is 10.5 Å². The lowest BCUT2D eigenvalue weighted by molar-refractivity contribution is 0.286. The van der Waals surface area contributed by atoms with E-state index in [0.29, 0.717) is 25.6 Å². The lowest BCUT2D eigenvalue weighted by Gasteiger charge is -2.11. The largest absolute Gasteiger partial charge is 0.492 e. The lowest BCUT2D eigenvalue weighted by atomic mass is 10.1. The van der Waals surface area contributed by atoms with E-state index in [1.165, 1.54) is 5.56 Å². The molecular weight excluding hydrogens is 252 g/mol. The van der Waals surface area contributed by atoms with Gasteiger partial charge in [0, 0.05) is 6.54 Å². The fourth-order valence-electron chi connectivity index (χ4n) is 2.25. The monoisotopic (exact) mass is 274 g/mol. The van der Waals surface area contributed by atoms with Gasteiger partial charge in [-0.3, -0.25) is 0 Å². The number of aryl methyl sites for hydroxylation is 1. The van der Waals surface area contributed by atoms with Crippen molar-refractivity contribution < 1.29 is 4.74 Å². The smallest absolute Gasteiger partial charge is 0.119 e. The second-order valence-corrected chi connectivity index (χ2v) is 5.17. The molecule has 5 nitrogen and oxygen atoms in total. The minimum absolute atomic E-state index is 0.350. The van der Waals surface area contributed by atoms with E-state index in [9.17, 15) is 0 Å². The van der Waals surface area contributed by atoms with Gasteiger partial charge in [0.15, 0.2) is 0 Å². The molecule has 1 aromatic carbocycles. The van der Waals surface area contributed by atoms with Crippen LogP contribution in [-0.2, 0) is 13.1 Å². The maximum Gasteiger partial charge on any atom is 0.119 e. The Morgan fingerprint density at radius 2 is 2.15 bits per heavy atom. The Labute approximate surface area is 119 Å². The number of aromatic nitrogens is 3. The Bertz CT molecular complexity index is 563. The number of ether oxygens (including phenoxy) is 1. The molecule has 0 radical (unpaired) electrons. The standard InChI is InChI=1S/C15H22N4O/c1-11(2)15-14(10-16)17-18-19(15)7-8-20-13-6-4-5-12(3)9-13/h4-6,9,11H,7-8,10,16H2,1-3H3. The fourth-order valence-corrected chi connectivity index (χ4v) is 2.25. The van der Waals surface area contributed by atoms with Gasteiger partial charge in [-0.2, -0.15) is 0 Å². The minimum Gasteiger partial charge on any atom is -0.492 e. The molecule has 0 amide bonds. The van der Waals surface area contributed by atoms with Crippen LogP contribution in [0.4, 0.5) is 0 Å². The Kier molecular flexibility index (Phi) is 4.74. The second kappa shape index (κ2) is 6.52. The summed E-state index contributed by atoms with van der Waals surface area (Å²) >= 11 is 0. The maximum atomic E-state index is 5.75. The first-order valence-electron chi connectivity index (χ1n) is 6.93. The van der Waals surface area contributed by atoms with Crippen LogP contribution in [0.2, 0.25) is 0 Å².